The van der Waals surface area contributed by atoms with E-state index in [2.05, 4.69) is 26.1 Å². The van der Waals surface area contributed by atoms with E-state index >= 15 is 0 Å². The quantitative estimate of drug-likeness (QED) is 0.825. The van der Waals surface area contributed by atoms with Crippen molar-refractivity contribution in [2.45, 2.75) is 46.0 Å². The lowest BCUT2D eigenvalue weighted by Gasteiger charge is -2.41. The molecule has 1 aromatic rings. The molecule has 0 aromatic heterocycles. The zero-order chi connectivity index (χ0) is 14.8. The molecule has 2 unspecified atom stereocenters. The summed E-state index contributed by atoms with van der Waals surface area (Å²) in [6.45, 7) is 8.63. The largest absolute Gasteiger partial charge is 0.317 e. The van der Waals surface area contributed by atoms with E-state index in [9.17, 15) is 4.39 Å². The molecule has 0 spiro atoms. The molecule has 0 bridgehead atoms. The van der Waals surface area contributed by atoms with Gasteiger partial charge in [0.2, 0.25) is 0 Å². The molecule has 1 N–H and O–H groups in total. The Morgan fingerprint density at radius 2 is 2.15 bits per heavy atom. The van der Waals surface area contributed by atoms with Crippen LogP contribution in [0.25, 0.3) is 0 Å². The Labute approximate surface area is 126 Å². The van der Waals surface area contributed by atoms with Crippen molar-refractivity contribution in [1.82, 2.24) is 5.32 Å². The van der Waals surface area contributed by atoms with Gasteiger partial charge in [-0.05, 0) is 67.3 Å². The number of nitrogens with one attached hydrogen (secondary N) is 1. The van der Waals surface area contributed by atoms with Gasteiger partial charge in [-0.1, -0.05) is 38.4 Å². The van der Waals surface area contributed by atoms with Gasteiger partial charge in [0.25, 0.3) is 0 Å². The standard InChI is InChI=1S/C17H25ClFN/c1-4-20-11-12-7-8-17(2,3)10-15(12)14-6-5-13(18)9-16(14)19/h5-6,9,12,15,20H,4,7-8,10-11H2,1-3H3. The minimum atomic E-state index is -0.151. The summed E-state index contributed by atoms with van der Waals surface area (Å²) in [7, 11) is 0. The smallest absolute Gasteiger partial charge is 0.128 e. The fourth-order valence-electron chi connectivity index (χ4n) is 3.38. The summed E-state index contributed by atoms with van der Waals surface area (Å²) in [4.78, 5) is 0. The molecule has 1 aromatic carbocycles. The van der Waals surface area contributed by atoms with Crippen molar-refractivity contribution in [1.29, 1.82) is 0 Å². The van der Waals surface area contributed by atoms with Crippen LogP contribution in [0.15, 0.2) is 18.2 Å². The Hall–Kier alpha value is -0.600. The molecule has 2 atom stereocenters. The maximum atomic E-state index is 14.3. The third-order valence-corrected chi connectivity index (χ3v) is 4.79. The maximum Gasteiger partial charge on any atom is 0.128 e. The van der Waals surface area contributed by atoms with E-state index in [-0.39, 0.29) is 11.7 Å². The minimum Gasteiger partial charge on any atom is -0.317 e. The molecule has 0 heterocycles. The minimum absolute atomic E-state index is 0.151. The van der Waals surface area contributed by atoms with Gasteiger partial charge in [-0.25, -0.2) is 4.39 Å². The van der Waals surface area contributed by atoms with Gasteiger partial charge in [-0.3, -0.25) is 0 Å². The number of hydrogen-bond acceptors (Lipinski definition) is 1. The molecule has 0 radical (unpaired) electrons. The lowest BCUT2D eigenvalue weighted by atomic mass is 9.65. The highest BCUT2D eigenvalue weighted by Crippen LogP contribution is 2.47. The highest BCUT2D eigenvalue weighted by molar-refractivity contribution is 6.30. The first-order chi connectivity index (χ1) is 9.43. The molecule has 1 aliphatic rings. The van der Waals surface area contributed by atoms with E-state index in [1.54, 1.807) is 0 Å². The van der Waals surface area contributed by atoms with Crippen molar-refractivity contribution in [3.63, 3.8) is 0 Å². The molecule has 2 rings (SSSR count). The monoisotopic (exact) mass is 297 g/mol. The zero-order valence-electron chi connectivity index (χ0n) is 12.7. The Bertz CT molecular complexity index is 458. The molecule has 20 heavy (non-hydrogen) atoms. The number of rotatable bonds is 4. The number of halogens is 2. The summed E-state index contributed by atoms with van der Waals surface area (Å²) in [5.41, 5.74) is 1.13. The molecular formula is C17H25ClFN. The van der Waals surface area contributed by atoms with E-state index in [4.69, 9.17) is 11.6 Å². The van der Waals surface area contributed by atoms with Gasteiger partial charge in [-0.15, -0.1) is 0 Å². The third-order valence-electron chi connectivity index (χ3n) is 4.55. The van der Waals surface area contributed by atoms with Gasteiger partial charge in [0.05, 0.1) is 0 Å². The van der Waals surface area contributed by atoms with Crippen LogP contribution in [0.5, 0.6) is 0 Å². The second-order valence-corrected chi connectivity index (χ2v) is 7.18. The van der Waals surface area contributed by atoms with Gasteiger partial charge in [0.1, 0.15) is 5.82 Å². The van der Waals surface area contributed by atoms with Crippen LogP contribution in [-0.4, -0.2) is 13.1 Å². The highest BCUT2D eigenvalue weighted by atomic mass is 35.5. The van der Waals surface area contributed by atoms with Crippen molar-refractivity contribution >= 4 is 11.6 Å². The number of hydrogen-bond donors (Lipinski definition) is 1. The molecule has 3 heteroatoms. The van der Waals surface area contributed by atoms with Crippen molar-refractivity contribution in [2.24, 2.45) is 11.3 Å². The van der Waals surface area contributed by atoms with E-state index in [0.717, 1.165) is 31.5 Å². The fourth-order valence-corrected chi connectivity index (χ4v) is 3.54. The second-order valence-electron chi connectivity index (χ2n) is 6.75. The molecule has 0 amide bonds. The first-order valence-corrected chi connectivity index (χ1v) is 7.96. The fraction of sp³-hybridized carbons (Fsp3) is 0.647. The zero-order valence-corrected chi connectivity index (χ0v) is 13.4. The molecule has 0 aliphatic heterocycles. The average molecular weight is 298 g/mol. The Morgan fingerprint density at radius 3 is 2.80 bits per heavy atom. The van der Waals surface area contributed by atoms with Gasteiger partial charge >= 0.3 is 0 Å². The normalized spacial score (nSPS) is 25.6. The van der Waals surface area contributed by atoms with E-state index in [1.807, 2.05) is 12.1 Å². The Kier molecular flexibility index (Phi) is 5.09. The summed E-state index contributed by atoms with van der Waals surface area (Å²) in [5.74, 6) is 0.649. The van der Waals surface area contributed by atoms with Crippen molar-refractivity contribution in [2.75, 3.05) is 13.1 Å². The van der Waals surface area contributed by atoms with Crippen molar-refractivity contribution in [3.8, 4) is 0 Å². The predicted molar refractivity (Wildman–Crippen MR) is 83.8 cm³/mol. The van der Waals surface area contributed by atoms with E-state index in [0.29, 0.717) is 16.4 Å². The Balaban J connectivity index is 2.26. The molecule has 1 saturated carbocycles. The highest BCUT2D eigenvalue weighted by Gasteiger charge is 2.36. The first-order valence-electron chi connectivity index (χ1n) is 7.58. The molecule has 1 fully saturated rings. The van der Waals surface area contributed by atoms with Crippen LogP contribution in [0.4, 0.5) is 4.39 Å². The summed E-state index contributed by atoms with van der Waals surface area (Å²) in [6.07, 6.45) is 3.42. The topological polar surface area (TPSA) is 12.0 Å². The van der Waals surface area contributed by atoms with Crippen molar-refractivity contribution < 1.29 is 4.39 Å². The molecule has 1 nitrogen and oxygen atoms in total. The van der Waals surface area contributed by atoms with Crippen LogP contribution in [0, 0.1) is 17.2 Å². The van der Waals surface area contributed by atoms with Crippen LogP contribution >= 0.6 is 11.6 Å². The second kappa shape index (κ2) is 6.44. The molecule has 0 saturated heterocycles. The maximum absolute atomic E-state index is 14.3. The number of benzene rings is 1. The van der Waals surface area contributed by atoms with Gasteiger partial charge < -0.3 is 5.32 Å². The third kappa shape index (κ3) is 3.73. The summed E-state index contributed by atoms with van der Waals surface area (Å²) in [5, 5.41) is 3.90. The summed E-state index contributed by atoms with van der Waals surface area (Å²) < 4.78 is 14.3. The average Bonchev–Trinajstić information content (AvgIpc) is 2.37. The van der Waals surface area contributed by atoms with Gasteiger partial charge in [0.15, 0.2) is 0 Å². The predicted octanol–water partition coefficient (Wildman–Crippen LogP) is 5.00. The lowest BCUT2D eigenvalue weighted by Crippen LogP contribution is -2.35. The van der Waals surface area contributed by atoms with Crippen LogP contribution in [-0.2, 0) is 0 Å². The summed E-state index contributed by atoms with van der Waals surface area (Å²) >= 11 is 5.88. The van der Waals surface area contributed by atoms with Crippen LogP contribution in [0.3, 0.4) is 0 Å². The van der Waals surface area contributed by atoms with Crippen LogP contribution < -0.4 is 5.32 Å². The lowest BCUT2D eigenvalue weighted by molar-refractivity contribution is 0.158. The van der Waals surface area contributed by atoms with Gasteiger partial charge in [0, 0.05) is 5.02 Å². The van der Waals surface area contributed by atoms with Crippen LogP contribution in [0.1, 0.15) is 51.5 Å². The Morgan fingerprint density at radius 1 is 1.40 bits per heavy atom. The van der Waals surface area contributed by atoms with Gasteiger partial charge in [-0.2, -0.15) is 0 Å². The molecule has 112 valence electrons. The molecule has 1 aliphatic carbocycles. The molecular weight excluding hydrogens is 273 g/mol. The first kappa shape index (κ1) is 15.8. The SMILES string of the molecule is CCNCC1CCC(C)(C)CC1c1ccc(Cl)cc1F. The van der Waals surface area contributed by atoms with Crippen LogP contribution in [0.2, 0.25) is 5.02 Å². The van der Waals surface area contributed by atoms with E-state index < -0.39 is 0 Å². The van der Waals surface area contributed by atoms with Crippen molar-refractivity contribution in [3.05, 3.63) is 34.6 Å². The summed E-state index contributed by atoms with van der Waals surface area (Å²) in [6, 6.07) is 5.14. The van der Waals surface area contributed by atoms with E-state index in [1.165, 1.54) is 12.5 Å².